The van der Waals surface area contributed by atoms with E-state index in [0.29, 0.717) is 23.7 Å². The second-order valence-corrected chi connectivity index (χ2v) is 4.30. The number of anilines is 1. The van der Waals surface area contributed by atoms with Crippen molar-refractivity contribution in [2.75, 3.05) is 26.1 Å². The number of methoxy groups -OCH3 is 2. The van der Waals surface area contributed by atoms with Gasteiger partial charge in [0, 0.05) is 18.2 Å². The van der Waals surface area contributed by atoms with Crippen molar-refractivity contribution < 1.29 is 9.47 Å². The molecule has 5 nitrogen and oxygen atoms in total. The summed E-state index contributed by atoms with van der Waals surface area (Å²) < 4.78 is 10.6. The van der Waals surface area contributed by atoms with Crippen molar-refractivity contribution in [3.8, 4) is 28.8 Å². The summed E-state index contributed by atoms with van der Waals surface area (Å²) in [6, 6.07) is 11.2. The predicted molar refractivity (Wildman–Crippen MR) is 81.7 cm³/mol. The van der Waals surface area contributed by atoms with Gasteiger partial charge in [-0.2, -0.15) is 5.26 Å². The van der Waals surface area contributed by atoms with Crippen molar-refractivity contribution >= 4 is 5.82 Å². The lowest BCUT2D eigenvalue weighted by molar-refractivity contribution is 0.395. The molecular formula is C16H17N3O2. The van der Waals surface area contributed by atoms with Crippen LogP contribution in [0.3, 0.4) is 0 Å². The van der Waals surface area contributed by atoms with E-state index in [2.05, 4.69) is 16.4 Å². The fourth-order valence-corrected chi connectivity index (χ4v) is 2.01. The lowest BCUT2D eigenvalue weighted by Crippen LogP contribution is -2.03. The summed E-state index contributed by atoms with van der Waals surface area (Å²) in [6.07, 6.45) is 0. The third kappa shape index (κ3) is 3.06. The van der Waals surface area contributed by atoms with Gasteiger partial charge in [0.2, 0.25) is 0 Å². The first-order chi connectivity index (χ1) is 10.2. The highest BCUT2D eigenvalue weighted by molar-refractivity contribution is 5.71. The molecule has 2 rings (SSSR count). The summed E-state index contributed by atoms with van der Waals surface area (Å²) in [5.74, 6) is 1.97. The molecule has 0 saturated heterocycles. The Bertz CT molecular complexity index is 678. The maximum Gasteiger partial charge on any atom is 0.144 e. The van der Waals surface area contributed by atoms with Crippen LogP contribution in [0.4, 0.5) is 5.82 Å². The molecular weight excluding hydrogens is 266 g/mol. The largest absolute Gasteiger partial charge is 0.497 e. The highest BCUT2D eigenvalue weighted by Crippen LogP contribution is 2.33. The van der Waals surface area contributed by atoms with E-state index in [1.807, 2.05) is 31.2 Å². The summed E-state index contributed by atoms with van der Waals surface area (Å²) in [5.41, 5.74) is 2.11. The van der Waals surface area contributed by atoms with Crippen LogP contribution in [0.5, 0.6) is 11.5 Å². The first-order valence-electron chi connectivity index (χ1n) is 6.60. The maximum atomic E-state index is 9.10. The zero-order chi connectivity index (χ0) is 15.2. The maximum absolute atomic E-state index is 9.10. The minimum atomic E-state index is 0.521. The number of hydrogen-bond donors (Lipinski definition) is 1. The number of rotatable bonds is 5. The standard InChI is InChI=1S/C16H17N3O2/c1-4-18-16-11(10-17)5-8-14(19-16)13-7-6-12(20-2)9-15(13)21-3/h5-9H,4H2,1-3H3,(H,18,19). The van der Waals surface area contributed by atoms with Crippen LogP contribution in [0.25, 0.3) is 11.3 Å². The quantitative estimate of drug-likeness (QED) is 0.913. The van der Waals surface area contributed by atoms with Crippen LogP contribution in [0.1, 0.15) is 12.5 Å². The van der Waals surface area contributed by atoms with Gasteiger partial charge in [-0.05, 0) is 31.2 Å². The Labute approximate surface area is 124 Å². The molecule has 0 bridgehead atoms. The fraction of sp³-hybridized carbons (Fsp3) is 0.250. The normalized spacial score (nSPS) is 9.81. The van der Waals surface area contributed by atoms with Gasteiger partial charge in [0.15, 0.2) is 0 Å². The van der Waals surface area contributed by atoms with Crippen LogP contribution in [0.2, 0.25) is 0 Å². The first kappa shape index (κ1) is 14.7. The monoisotopic (exact) mass is 283 g/mol. The number of nitriles is 1. The molecule has 0 unspecified atom stereocenters. The number of nitrogens with one attached hydrogen (secondary N) is 1. The molecule has 0 aliphatic carbocycles. The van der Waals surface area contributed by atoms with Gasteiger partial charge in [-0.3, -0.25) is 0 Å². The molecule has 0 saturated carbocycles. The van der Waals surface area contributed by atoms with Crippen molar-refractivity contribution in [2.45, 2.75) is 6.92 Å². The SMILES string of the molecule is CCNc1nc(-c2ccc(OC)cc2OC)ccc1C#N. The third-order valence-electron chi connectivity index (χ3n) is 3.04. The summed E-state index contributed by atoms with van der Waals surface area (Å²) in [6.45, 7) is 2.66. The van der Waals surface area contributed by atoms with E-state index in [1.54, 1.807) is 20.3 Å². The highest BCUT2D eigenvalue weighted by atomic mass is 16.5. The van der Waals surface area contributed by atoms with Crippen molar-refractivity contribution in [3.05, 3.63) is 35.9 Å². The Hall–Kier alpha value is -2.74. The van der Waals surface area contributed by atoms with E-state index in [0.717, 1.165) is 17.0 Å². The second-order valence-electron chi connectivity index (χ2n) is 4.30. The number of aromatic nitrogens is 1. The van der Waals surface area contributed by atoms with Gasteiger partial charge in [-0.15, -0.1) is 0 Å². The molecule has 1 N–H and O–H groups in total. The van der Waals surface area contributed by atoms with Gasteiger partial charge in [0.25, 0.3) is 0 Å². The van der Waals surface area contributed by atoms with Crippen LogP contribution in [-0.2, 0) is 0 Å². The minimum Gasteiger partial charge on any atom is -0.497 e. The average Bonchev–Trinajstić information content (AvgIpc) is 2.54. The van der Waals surface area contributed by atoms with Crippen molar-refractivity contribution in [2.24, 2.45) is 0 Å². The Morgan fingerprint density at radius 1 is 1.19 bits per heavy atom. The summed E-state index contributed by atoms with van der Waals surface area (Å²) in [5, 5.41) is 12.2. The van der Waals surface area contributed by atoms with E-state index in [9.17, 15) is 0 Å². The van der Waals surface area contributed by atoms with E-state index in [-0.39, 0.29) is 0 Å². The van der Waals surface area contributed by atoms with E-state index in [4.69, 9.17) is 14.7 Å². The first-order valence-corrected chi connectivity index (χ1v) is 6.60. The van der Waals surface area contributed by atoms with Crippen LogP contribution < -0.4 is 14.8 Å². The zero-order valence-electron chi connectivity index (χ0n) is 12.3. The molecule has 0 amide bonds. The molecule has 5 heteroatoms. The van der Waals surface area contributed by atoms with Crippen LogP contribution in [-0.4, -0.2) is 25.7 Å². The summed E-state index contributed by atoms with van der Waals surface area (Å²) >= 11 is 0. The van der Waals surface area contributed by atoms with Gasteiger partial charge in [0.05, 0.1) is 25.5 Å². The van der Waals surface area contributed by atoms with Crippen molar-refractivity contribution in [1.82, 2.24) is 4.98 Å². The van der Waals surface area contributed by atoms with Crippen molar-refractivity contribution in [3.63, 3.8) is 0 Å². The summed E-state index contributed by atoms with van der Waals surface area (Å²) in [4.78, 5) is 4.51. The molecule has 1 heterocycles. The molecule has 0 fully saturated rings. The van der Waals surface area contributed by atoms with Crippen LogP contribution in [0, 0.1) is 11.3 Å². The fourth-order valence-electron chi connectivity index (χ4n) is 2.01. The van der Waals surface area contributed by atoms with Crippen LogP contribution >= 0.6 is 0 Å². The van der Waals surface area contributed by atoms with Gasteiger partial charge in [-0.1, -0.05) is 0 Å². The lowest BCUT2D eigenvalue weighted by Gasteiger charge is -2.12. The third-order valence-corrected chi connectivity index (χ3v) is 3.04. The Morgan fingerprint density at radius 2 is 2.00 bits per heavy atom. The molecule has 0 spiro atoms. The van der Waals surface area contributed by atoms with Gasteiger partial charge in [-0.25, -0.2) is 4.98 Å². The van der Waals surface area contributed by atoms with E-state index < -0.39 is 0 Å². The molecule has 0 atom stereocenters. The predicted octanol–water partition coefficient (Wildman–Crippen LogP) is 3.07. The average molecular weight is 283 g/mol. The second kappa shape index (κ2) is 6.62. The van der Waals surface area contributed by atoms with Gasteiger partial charge in [0.1, 0.15) is 23.4 Å². The number of ether oxygens (including phenoxy) is 2. The number of benzene rings is 1. The highest BCUT2D eigenvalue weighted by Gasteiger charge is 2.11. The molecule has 0 aliphatic rings. The molecule has 0 radical (unpaired) electrons. The molecule has 1 aromatic carbocycles. The molecule has 21 heavy (non-hydrogen) atoms. The minimum absolute atomic E-state index is 0.521. The van der Waals surface area contributed by atoms with E-state index >= 15 is 0 Å². The molecule has 2 aromatic rings. The zero-order valence-corrected chi connectivity index (χ0v) is 12.3. The van der Waals surface area contributed by atoms with Crippen molar-refractivity contribution in [1.29, 1.82) is 5.26 Å². The lowest BCUT2D eigenvalue weighted by atomic mass is 10.1. The number of hydrogen-bond acceptors (Lipinski definition) is 5. The topological polar surface area (TPSA) is 67.2 Å². The molecule has 0 aliphatic heterocycles. The van der Waals surface area contributed by atoms with Gasteiger partial charge < -0.3 is 14.8 Å². The number of pyridine rings is 1. The Morgan fingerprint density at radius 3 is 2.62 bits per heavy atom. The Kier molecular flexibility index (Phi) is 4.62. The summed E-state index contributed by atoms with van der Waals surface area (Å²) in [7, 11) is 3.21. The smallest absolute Gasteiger partial charge is 0.144 e. The molecule has 108 valence electrons. The van der Waals surface area contributed by atoms with Crippen LogP contribution in [0.15, 0.2) is 30.3 Å². The number of nitrogens with zero attached hydrogens (tertiary/aromatic N) is 2. The van der Waals surface area contributed by atoms with E-state index in [1.165, 1.54) is 0 Å². The van der Waals surface area contributed by atoms with Gasteiger partial charge >= 0.3 is 0 Å². The Balaban J connectivity index is 2.51. The molecule has 1 aromatic heterocycles.